The van der Waals surface area contributed by atoms with Gasteiger partial charge in [-0.2, -0.15) is 5.10 Å². The maximum Gasteiger partial charge on any atom is 0.338 e. The van der Waals surface area contributed by atoms with Gasteiger partial charge in [-0.1, -0.05) is 18.2 Å². The highest BCUT2D eigenvalue weighted by Gasteiger charge is 2.11. The molecule has 0 N–H and O–H groups in total. The van der Waals surface area contributed by atoms with Crippen molar-refractivity contribution >= 4 is 5.97 Å². The predicted molar refractivity (Wildman–Crippen MR) is 63.8 cm³/mol. The van der Waals surface area contributed by atoms with Crippen LogP contribution in [-0.2, 0) is 11.3 Å². The average Bonchev–Trinajstić information content (AvgIpc) is 2.74. The van der Waals surface area contributed by atoms with Gasteiger partial charge >= 0.3 is 5.97 Å². The molecule has 0 bridgehead atoms. The summed E-state index contributed by atoms with van der Waals surface area (Å²) >= 11 is 0. The van der Waals surface area contributed by atoms with E-state index in [1.807, 2.05) is 31.3 Å². The van der Waals surface area contributed by atoms with Gasteiger partial charge in [0.15, 0.2) is 0 Å². The fraction of sp³-hybridized carbons (Fsp3) is 0.231. The van der Waals surface area contributed by atoms with E-state index in [0.29, 0.717) is 12.1 Å². The van der Waals surface area contributed by atoms with E-state index in [4.69, 9.17) is 4.74 Å². The van der Waals surface area contributed by atoms with Crippen LogP contribution in [-0.4, -0.2) is 22.9 Å². The first kappa shape index (κ1) is 11.4. The highest BCUT2D eigenvalue weighted by molar-refractivity contribution is 5.90. The fourth-order valence-corrected chi connectivity index (χ4v) is 1.70. The second-order valence-corrected chi connectivity index (χ2v) is 3.86. The minimum absolute atomic E-state index is 0.315. The van der Waals surface area contributed by atoms with Crippen molar-refractivity contribution in [3.63, 3.8) is 0 Å². The molecule has 88 valence electrons. The van der Waals surface area contributed by atoms with Crippen LogP contribution in [0.5, 0.6) is 0 Å². The molecule has 0 saturated carbocycles. The van der Waals surface area contributed by atoms with Gasteiger partial charge in [0.05, 0.1) is 25.4 Å². The van der Waals surface area contributed by atoms with Gasteiger partial charge in [0.25, 0.3) is 0 Å². The average molecular weight is 230 g/mol. The van der Waals surface area contributed by atoms with Crippen molar-refractivity contribution in [3.8, 4) is 0 Å². The first-order chi connectivity index (χ1) is 8.20. The van der Waals surface area contributed by atoms with E-state index >= 15 is 0 Å². The number of hydrogen-bond acceptors (Lipinski definition) is 3. The Hall–Kier alpha value is -2.10. The summed E-state index contributed by atoms with van der Waals surface area (Å²) < 4.78 is 6.55. The molecule has 0 atom stereocenters. The molecule has 0 aliphatic rings. The predicted octanol–water partition coefficient (Wildman–Crippen LogP) is 2.03. The minimum atomic E-state index is -0.315. The van der Waals surface area contributed by atoms with Crippen LogP contribution in [0.3, 0.4) is 0 Å². The number of esters is 1. The third-order valence-corrected chi connectivity index (χ3v) is 2.52. The normalized spacial score (nSPS) is 10.2. The van der Waals surface area contributed by atoms with Crippen LogP contribution in [0.1, 0.15) is 21.5 Å². The van der Waals surface area contributed by atoms with Crippen LogP contribution < -0.4 is 0 Å². The molecule has 0 fully saturated rings. The van der Waals surface area contributed by atoms with Gasteiger partial charge in [-0.05, 0) is 24.1 Å². The van der Waals surface area contributed by atoms with Crippen molar-refractivity contribution in [1.29, 1.82) is 0 Å². The number of aromatic nitrogens is 2. The van der Waals surface area contributed by atoms with Gasteiger partial charge in [-0.25, -0.2) is 4.79 Å². The van der Waals surface area contributed by atoms with Crippen molar-refractivity contribution < 1.29 is 9.53 Å². The molecule has 17 heavy (non-hydrogen) atoms. The Morgan fingerprint density at radius 3 is 2.82 bits per heavy atom. The lowest BCUT2D eigenvalue weighted by Crippen LogP contribution is -2.09. The monoisotopic (exact) mass is 230 g/mol. The molecule has 0 aliphatic heterocycles. The molecule has 0 aliphatic carbocycles. The van der Waals surface area contributed by atoms with Crippen LogP contribution in [0.4, 0.5) is 0 Å². The van der Waals surface area contributed by atoms with Crippen molar-refractivity contribution in [2.45, 2.75) is 13.5 Å². The van der Waals surface area contributed by atoms with Crippen LogP contribution in [0.15, 0.2) is 36.7 Å². The first-order valence-corrected chi connectivity index (χ1v) is 5.36. The molecule has 2 aromatic rings. The zero-order valence-electron chi connectivity index (χ0n) is 9.88. The Morgan fingerprint density at radius 2 is 2.18 bits per heavy atom. The molecule has 0 spiro atoms. The van der Waals surface area contributed by atoms with E-state index in [1.54, 1.807) is 16.9 Å². The summed E-state index contributed by atoms with van der Waals surface area (Å²) in [5, 5.41) is 4.20. The SMILES string of the molecule is COC(=O)c1ccccc1Cn1cc(C)cn1. The number of methoxy groups -OCH3 is 1. The van der Waals surface area contributed by atoms with Crippen LogP contribution in [0.2, 0.25) is 0 Å². The van der Waals surface area contributed by atoms with E-state index < -0.39 is 0 Å². The quantitative estimate of drug-likeness (QED) is 0.758. The number of carbonyl (C=O) groups excluding carboxylic acids is 1. The van der Waals surface area contributed by atoms with E-state index in [0.717, 1.165) is 11.1 Å². The van der Waals surface area contributed by atoms with Crippen LogP contribution in [0.25, 0.3) is 0 Å². The van der Waals surface area contributed by atoms with E-state index in [9.17, 15) is 4.79 Å². The molecule has 0 unspecified atom stereocenters. The molecule has 4 heteroatoms. The number of carbonyl (C=O) groups is 1. The number of rotatable bonds is 3. The van der Waals surface area contributed by atoms with E-state index in [-0.39, 0.29) is 5.97 Å². The molecule has 0 saturated heterocycles. The number of benzene rings is 1. The lowest BCUT2D eigenvalue weighted by molar-refractivity contribution is 0.0599. The third-order valence-electron chi connectivity index (χ3n) is 2.52. The van der Waals surface area contributed by atoms with E-state index in [2.05, 4.69) is 5.10 Å². The van der Waals surface area contributed by atoms with Gasteiger partial charge < -0.3 is 4.74 Å². The topological polar surface area (TPSA) is 44.1 Å². The molecular formula is C13H14N2O2. The summed E-state index contributed by atoms with van der Waals surface area (Å²) in [6.45, 7) is 2.55. The molecular weight excluding hydrogens is 216 g/mol. The molecule has 1 aromatic heterocycles. The smallest absolute Gasteiger partial charge is 0.338 e. The zero-order chi connectivity index (χ0) is 12.3. The minimum Gasteiger partial charge on any atom is -0.465 e. The maximum absolute atomic E-state index is 11.6. The molecule has 1 heterocycles. The standard InChI is InChI=1S/C13H14N2O2/c1-10-7-14-15(8-10)9-11-5-3-4-6-12(11)13(16)17-2/h3-8H,9H2,1-2H3. The summed E-state index contributed by atoms with van der Waals surface area (Å²) in [4.78, 5) is 11.6. The van der Waals surface area contributed by atoms with Crippen LogP contribution >= 0.6 is 0 Å². The lowest BCUT2D eigenvalue weighted by Gasteiger charge is -2.07. The van der Waals surface area contributed by atoms with Gasteiger partial charge in [0.1, 0.15) is 0 Å². The molecule has 2 rings (SSSR count). The lowest BCUT2D eigenvalue weighted by atomic mass is 10.1. The molecule has 0 radical (unpaired) electrons. The number of ether oxygens (including phenoxy) is 1. The van der Waals surface area contributed by atoms with Gasteiger partial charge in [-0.3, -0.25) is 4.68 Å². The number of aryl methyl sites for hydroxylation is 1. The second kappa shape index (κ2) is 4.82. The number of nitrogens with zero attached hydrogens (tertiary/aromatic N) is 2. The first-order valence-electron chi connectivity index (χ1n) is 5.36. The third kappa shape index (κ3) is 2.53. The Morgan fingerprint density at radius 1 is 1.41 bits per heavy atom. The Kier molecular flexibility index (Phi) is 3.23. The van der Waals surface area contributed by atoms with Gasteiger partial charge in [0.2, 0.25) is 0 Å². The summed E-state index contributed by atoms with van der Waals surface area (Å²) in [7, 11) is 1.39. The van der Waals surface area contributed by atoms with E-state index in [1.165, 1.54) is 7.11 Å². The van der Waals surface area contributed by atoms with Crippen molar-refractivity contribution in [1.82, 2.24) is 9.78 Å². The Bertz CT molecular complexity index is 532. The summed E-state index contributed by atoms with van der Waals surface area (Å²) in [5.41, 5.74) is 2.59. The highest BCUT2D eigenvalue weighted by atomic mass is 16.5. The number of hydrogen-bond donors (Lipinski definition) is 0. The maximum atomic E-state index is 11.6. The molecule has 0 amide bonds. The highest BCUT2D eigenvalue weighted by Crippen LogP contribution is 2.11. The zero-order valence-corrected chi connectivity index (χ0v) is 9.88. The van der Waals surface area contributed by atoms with Crippen LogP contribution in [0, 0.1) is 6.92 Å². The van der Waals surface area contributed by atoms with Crippen molar-refractivity contribution in [2.75, 3.05) is 7.11 Å². The van der Waals surface area contributed by atoms with Crippen molar-refractivity contribution in [2.24, 2.45) is 0 Å². The summed E-state index contributed by atoms with van der Waals surface area (Å²) in [6, 6.07) is 7.39. The summed E-state index contributed by atoms with van der Waals surface area (Å²) in [5.74, 6) is -0.315. The Balaban J connectivity index is 2.29. The second-order valence-electron chi connectivity index (χ2n) is 3.86. The largest absolute Gasteiger partial charge is 0.465 e. The van der Waals surface area contributed by atoms with Gasteiger partial charge in [0, 0.05) is 6.20 Å². The summed E-state index contributed by atoms with van der Waals surface area (Å²) in [6.07, 6.45) is 3.73. The molecule has 4 nitrogen and oxygen atoms in total. The fourth-order valence-electron chi connectivity index (χ4n) is 1.70. The van der Waals surface area contributed by atoms with Gasteiger partial charge in [-0.15, -0.1) is 0 Å². The van der Waals surface area contributed by atoms with Crippen molar-refractivity contribution in [3.05, 3.63) is 53.3 Å². The molecule has 1 aromatic carbocycles. The Labute approximate surface area is 99.8 Å².